The summed E-state index contributed by atoms with van der Waals surface area (Å²) in [4.78, 5) is 7.20. The van der Waals surface area contributed by atoms with Crippen LogP contribution in [0, 0.1) is 0 Å². The third-order valence-corrected chi connectivity index (χ3v) is 4.76. The monoisotopic (exact) mass is 301 g/mol. The average Bonchev–Trinajstić information content (AvgIpc) is 2.49. The van der Waals surface area contributed by atoms with E-state index in [1.54, 1.807) is 0 Å². The van der Waals surface area contributed by atoms with Gasteiger partial charge in [-0.2, -0.15) is 11.8 Å². The molecule has 0 aromatic carbocycles. The molecule has 0 saturated carbocycles. The van der Waals surface area contributed by atoms with Crippen LogP contribution in [0.5, 0.6) is 0 Å². The number of ether oxygens (including phenoxy) is 1. The molecule has 1 aliphatic heterocycles. The summed E-state index contributed by atoms with van der Waals surface area (Å²) in [6.45, 7) is 12.2. The molecule has 118 valence electrons. The number of hydrogen-bond donors (Lipinski definition) is 1. The maximum Gasteiger partial charge on any atom is 0.193 e. The highest BCUT2D eigenvalue weighted by molar-refractivity contribution is 8.00. The lowest BCUT2D eigenvalue weighted by Gasteiger charge is -2.34. The third-order valence-electron chi connectivity index (χ3n) is 3.39. The number of nitrogens with zero attached hydrogens (tertiary/aromatic N) is 2. The Morgan fingerprint density at radius 3 is 2.90 bits per heavy atom. The Balaban J connectivity index is 2.37. The van der Waals surface area contributed by atoms with Crippen LogP contribution in [-0.4, -0.2) is 61.3 Å². The van der Waals surface area contributed by atoms with E-state index in [9.17, 15) is 0 Å². The first kappa shape index (κ1) is 17.6. The quantitative estimate of drug-likeness (QED) is 0.425. The molecule has 0 aromatic heterocycles. The molecule has 1 rings (SSSR count). The molecule has 1 heterocycles. The predicted molar refractivity (Wildman–Crippen MR) is 89.8 cm³/mol. The molecule has 1 unspecified atom stereocenters. The van der Waals surface area contributed by atoms with Crippen molar-refractivity contribution < 1.29 is 4.74 Å². The van der Waals surface area contributed by atoms with Crippen molar-refractivity contribution in [3.63, 3.8) is 0 Å². The molecule has 0 amide bonds. The summed E-state index contributed by atoms with van der Waals surface area (Å²) in [5.74, 6) is 2.32. The Morgan fingerprint density at radius 1 is 1.35 bits per heavy atom. The van der Waals surface area contributed by atoms with Gasteiger partial charge in [-0.05, 0) is 33.1 Å². The summed E-state index contributed by atoms with van der Waals surface area (Å²) in [5, 5.41) is 4.19. The van der Waals surface area contributed by atoms with Gasteiger partial charge in [-0.3, -0.25) is 4.99 Å². The summed E-state index contributed by atoms with van der Waals surface area (Å²) in [5.41, 5.74) is 0. The van der Waals surface area contributed by atoms with Gasteiger partial charge in [0.2, 0.25) is 0 Å². The molecule has 0 aromatic rings. The average molecular weight is 302 g/mol. The Morgan fingerprint density at radius 2 is 2.20 bits per heavy atom. The molecule has 5 heteroatoms. The van der Waals surface area contributed by atoms with Crippen LogP contribution in [0.15, 0.2) is 4.99 Å². The van der Waals surface area contributed by atoms with Crippen LogP contribution in [0.4, 0.5) is 0 Å². The first-order chi connectivity index (χ1) is 9.81. The van der Waals surface area contributed by atoms with Crippen molar-refractivity contribution in [3.05, 3.63) is 0 Å². The fraction of sp³-hybridized carbons (Fsp3) is 0.933. The van der Waals surface area contributed by atoms with Crippen molar-refractivity contribution in [1.29, 1.82) is 0 Å². The van der Waals surface area contributed by atoms with Crippen molar-refractivity contribution in [2.24, 2.45) is 4.99 Å². The van der Waals surface area contributed by atoms with E-state index in [0.29, 0.717) is 0 Å². The maximum absolute atomic E-state index is 5.36. The normalized spacial score (nSPS) is 20.2. The van der Waals surface area contributed by atoms with Gasteiger partial charge in [-0.1, -0.05) is 6.92 Å². The van der Waals surface area contributed by atoms with Crippen molar-refractivity contribution in [3.8, 4) is 0 Å². The number of aliphatic imine (C=N–C) groups is 1. The van der Waals surface area contributed by atoms with E-state index >= 15 is 0 Å². The fourth-order valence-electron chi connectivity index (χ4n) is 2.23. The number of thioether (sulfide) groups is 1. The van der Waals surface area contributed by atoms with E-state index in [1.807, 2.05) is 6.92 Å². The molecule has 1 aliphatic rings. The van der Waals surface area contributed by atoms with Gasteiger partial charge in [0.05, 0.1) is 0 Å². The lowest BCUT2D eigenvalue weighted by molar-refractivity contribution is 0.144. The second-order valence-electron chi connectivity index (χ2n) is 4.99. The summed E-state index contributed by atoms with van der Waals surface area (Å²) in [7, 11) is 0. The molecule has 0 aliphatic carbocycles. The Labute approximate surface area is 128 Å². The lowest BCUT2D eigenvalue weighted by Crippen LogP contribution is -2.48. The van der Waals surface area contributed by atoms with E-state index in [4.69, 9.17) is 9.73 Å². The Kier molecular flexibility index (Phi) is 9.93. The van der Waals surface area contributed by atoms with Crippen molar-refractivity contribution in [1.82, 2.24) is 10.2 Å². The molecule has 0 bridgehead atoms. The molecule has 0 spiro atoms. The van der Waals surface area contributed by atoms with Gasteiger partial charge in [0.1, 0.15) is 0 Å². The van der Waals surface area contributed by atoms with Crippen molar-refractivity contribution in [2.75, 3.05) is 45.1 Å². The highest BCUT2D eigenvalue weighted by Gasteiger charge is 2.21. The molecule has 1 saturated heterocycles. The van der Waals surface area contributed by atoms with Gasteiger partial charge in [0, 0.05) is 50.4 Å². The molecule has 1 fully saturated rings. The molecular weight excluding hydrogens is 270 g/mol. The fourth-order valence-corrected chi connectivity index (χ4v) is 3.41. The lowest BCUT2D eigenvalue weighted by atomic mass is 10.3. The predicted octanol–water partition coefficient (Wildman–Crippen LogP) is 2.60. The first-order valence-electron chi connectivity index (χ1n) is 8.04. The minimum Gasteiger partial charge on any atom is -0.382 e. The minimum absolute atomic E-state index is 0.755. The third kappa shape index (κ3) is 6.84. The number of nitrogens with one attached hydrogen (secondary N) is 1. The molecule has 20 heavy (non-hydrogen) atoms. The Bertz CT molecular complexity index is 274. The molecule has 4 nitrogen and oxygen atoms in total. The zero-order valence-corrected chi connectivity index (χ0v) is 14.2. The zero-order chi connectivity index (χ0) is 14.6. The molecule has 0 radical (unpaired) electrons. The SMILES string of the molecule is CCNC(=NCCCCOCC)N1CCSC(CC)C1. The summed E-state index contributed by atoms with van der Waals surface area (Å²) >= 11 is 2.10. The second-order valence-corrected chi connectivity index (χ2v) is 6.39. The van der Waals surface area contributed by atoms with E-state index < -0.39 is 0 Å². The highest BCUT2D eigenvalue weighted by atomic mass is 32.2. The molecule has 1 N–H and O–H groups in total. The number of guanidine groups is 1. The van der Waals surface area contributed by atoms with Crippen LogP contribution in [-0.2, 0) is 4.74 Å². The van der Waals surface area contributed by atoms with Gasteiger partial charge in [0.15, 0.2) is 5.96 Å². The van der Waals surface area contributed by atoms with Gasteiger partial charge in [0.25, 0.3) is 0 Å². The van der Waals surface area contributed by atoms with Crippen LogP contribution >= 0.6 is 11.8 Å². The van der Waals surface area contributed by atoms with Gasteiger partial charge < -0.3 is 15.0 Å². The summed E-state index contributed by atoms with van der Waals surface area (Å²) in [6, 6.07) is 0. The van der Waals surface area contributed by atoms with E-state index in [0.717, 1.165) is 63.4 Å². The number of hydrogen-bond acceptors (Lipinski definition) is 3. The first-order valence-corrected chi connectivity index (χ1v) is 9.09. The molecule has 1 atom stereocenters. The Hall–Kier alpha value is -0.420. The van der Waals surface area contributed by atoms with E-state index in [1.165, 1.54) is 12.2 Å². The topological polar surface area (TPSA) is 36.9 Å². The van der Waals surface area contributed by atoms with Crippen LogP contribution in [0.2, 0.25) is 0 Å². The van der Waals surface area contributed by atoms with Crippen molar-refractivity contribution in [2.45, 2.75) is 45.3 Å². The largest absolute Gasteiger partial charge is 0.382 e. The van der Waals surface area contributed by atoms with Gasteiger partial charge >= 0.3 is 0 Å². The highest BCUT2D eigenvalue weighted by Crippen LogP contribution is 2.21. The van der Waals surface area contributed by atoms with E-state index in [2.05, 4.69) is 35.8 Å². The molecular formula is C15H31N3OS. The van der Waals surface area contributed by atoms with Crippen LogP contribution in [0.25, 0.3) is 0 Å². The second kappa shape index (κ2) is 11.3. The zero-order valence-electron chi connectivity index (χ0n) is 13.4. The van der Waals surface area contributed by atoms with Crippen molar-refractivity contribution >= 4 is 17.7 Å². The van der Waals surface area contributed by atoms with Crippen LogP contribution in [0.3, 0.4) is 0 Å². The standard InChI is InChI=1S/C15H31N3OS/c1-4-14-13-18(10-12-20-14)15(16-5-2)17-9-7-8-11-19-6-3/h14H,4-13H2,1-3H3,(H,16,17). The van der Waals surface area contributed by atoms with Crippen LogP contribution < -0.4 is 5.32 Å². The number of rotatable bonds is 8. The minimum atomic E-state index is 0.755. The van der Waals surface area contributed by atoms with Gasteiger partial charge in [-0.15, -0.1) is 0 Å². The summed E-state index contributed by atoms with van der Waals surface area (Å²) < 4.78 is 5.36. The number of unbranched alkanes of at least 4 members (excludes halogenated alkanes) is 1. The summed E-state index contributed by atoms with van der Waals surface area (Å²) in [6.07, 6.45) is 3.45. The maximum atomic E-state index is 5.36. The van der Waals surface area contributed by atoms with Crippen LogP contribution in [0.1, 0.15) is 40.0 Å². The van der Waals surface area contributed by atoms with Gasteiger partial charge in [-0.25, -0.2) is 0 Å². The van der Waals surface area contributed by atoms with E-state index in [-0.39, 0.29) is 0 Å². The smallest absolute Gasteiger partial charge is 0.193 e.